The molecule has 0 spiro atoms. The highest BCUT2D eigenvalue weighted by Gasteiger charge is 2.26. The number of nitrogen functional groups attached to an aromatic ring is 1. The minimum Gasteiger partial charge on any atom is -0.486 e. The summed E-state index contributed by atoms with van der Waals surface area (Å²) in [6.07, 6.45) is -0.569. The Kier molecular flexibility index (Phi) is 4.37. The van der Waals surface area contributed by atoms with Gasteiger partial charge in [0.25, 0.3) is 10.1 Å². The molecular weight excluding hydrogens is 368 g/mol. The number of nitrogens with zero attached hydrogens (tertiary/aromatic N) is 1. The van der Waals surface area contributed by atoms with Gasteiger partial charge in [0, 0.05) is 5.39 Å². The summed E-state index contributed by atoms with van der Waals surface area (Å²) in [4.78, 5) is 4.36. The van der Waals surface area contributed by atoms with E-state index in [4.69, 9.17) is 19.4 Å². The Balaban J connectivity index is 1.52. The molecule has 4 rings (SSSR count). The van der Waals surface area contributed by atoms with E-state index in [0.717, 1.165) is 10.9 Å². The van der Waals surface area contributed by atoms with Crippen LogP contribution in [0.1, 0.15) is 5.56 Å². The second kappa shape index (κ2) is 6.71. The monoisotopic (exact) mass is 386 g/mol. The quantitative estimate of drug-likeness (QED) is 0.688. The average Bonchev–Trinajstić information content (AvgIpc) is 2.66. The largest absolute Gasteiger partial charge is 0.486 e. The molecule has 0 radical (unpaired) electrons. The number of aromatic nitrogens is 1. The van der Waals surface area contributed by atoms with Crippen LogP contribution in [0.3, 0.4) is 0 Å². The molecule has 2 aromatic carbocycles. The molecule has 0 fully saturated rings. The number of hydrogen-bond acceptors (Lipinski definition) is 7. The predicted octanol–water partition coefficient (Wildman–Crippen LogP) is 2.67. The lowest BCUT2D eigenvalue weighted by Gasteiger charge is -2.27. The number of benzene rings is 2. The maximum absolute atomic E-state index is 12.3. The summed E-state index contributed by atoms with van der Waals surface area (Å²) < 4.78 is 41.5. The maximum Gasteiger partial charge on any atom is 0.297 e. The molecule has 2 N–H and O–H groups in total. The fraction of sp³-hybridized carbons (Fsp3) is 0.211. The molecule has 0 bridgehead atoms. The summed E-state index contributed by atoms with van der Waals surface area (Å²) in [5.41, 5.74) is 7.36. The smallest absolute Gasteiger partial charge is 0.297 e. The zero-order valence-electron chi connectivity index (χ0n) is 14.6. The SMILES string of the molecule is Cc1ccc(S(=O)(=O)OC[C@H]2COc3ccc4nc(N)ccc4c3O2)cc1. The minimum absolute atomic E-state index is 0.107. The molecular formula is C19H18N2O5S. The van der Waals surface area contributed by atoms with E-state index < -0.39 is 16.2 Å². The third-order valence-electron chi connectivity index (χ3n) is 4.24. The van der Waals surface area contributed by atoms with E-state index in [1.54, 1.807) is 36.4 Å². The molecule has 1 atom stereocenters. The first kappa shape index (κ1) is 17.6. The van der Waals surface area contributed by atoms with E-state index >= 15 is 0 Å². The van der Waals surface area contributed by atoms with Crippen molar-refractivity contribution in [3.63, 3.8) is 0 Å². The second-order valence-corrected chi connectivity index (χ2v) is 7.91. The zero-order valence-corrected chi connectivity index (χ0v) is 15.4. The highest BCUT2D eigenvalue weighted by atomic mass is 32.2. The molecule has 1 aliphatic heterocycles. The van der Waals surface area contributed by atoms with Crippen LogP contribution in [0.2, 0.25) is 0 Å². The van der Waals surface area contributed by atoms with Crippen molar-refractivity contribution in [2.75, 3.05) is 18.9 Å². The Bertz CT molecular complexity index is 1100. The Morgan fingerprint density at radius 1 is 1.15 bits per heavy atom. The van der Waals surface area contributed by atoms with E-state index in [0.29, 0.717) is 22.8 Å². The standard InChI is InChI=1S/C19H18N2O5S/c1-12-2-4-14(5-3-12)27(22,23)25-11-13-10-24-17-8-7-16-15(19(17)26-13)6-9-18(20)21-16/h2-9,13H,10-11H2,1H3,(H2,20,21)/t13-/m1/s1. The molecule has 0 saturated heterocycles. The summed E-state index contributed by atoms with van der Waals surface area (Å²) in [5.74, 6) is 1.49. The number of aryl methyl sites for hydroxylation is 1. The highest BCUT2D eigenvalue weighted by molar-refractivity contribution is 7.86. The summed E-state index contributed by atoms with van der Waals surface area (Å²) in [7, 11) is -3.87. The van der Waals surface area contributed by atoms with Crippen molar-refractivity contribution in [2.45, 2.75) is 17.9 Å². The molecule has 7 nitrogen and oxygen atoms in total. The van der Waals surface area contributed by atoms with Crippen molar-refractivity contribution >= 4 is 26.8 Å². The summed E-state index contributed by atoms with van der Waals surface area (Å²) in [5, 5.41) is 0.743. The maximum atomic E-state index is 12.3. The van der Waals surface area contributed by atoms with Gasteiger partial charge in [-0.15, -0.1) is 0 Å². The molecule has 2 heterocycles. The first-order chi connectivity index (χ1) is 12.9. The lowest BCUT2D eigenvalue weighted by molar-refractivity contribution is 0.0571. The van der Waals surface area contributed by atoms with Gasteiger partial charge in [0.05, 0.1) is 10.4 Å². The van der Waals surface area contributed by atoms with E-state index in [2.05, 4.69) is 4.98 Å². The van der Waals surface area contributed by atoms with Gasteiger partial charge in [-0.05, 0) is 43.3 Å². The molecule has 3 aromatic rings. The van der Waals surface area contributed by atoms with Crippen LogP contribution in [0.25, 0.3) is 10.9 Å². The molecule has 0 saturated carbocycles. The van der Waals surface area contributed by atoms with Gasteiger partial charge in [0.1, 0.15) is 19.0 Å². The van der Waals surface area contributed by atoms with Gasteiger partial charge in [0.15, 0.2) is 17.6 Å². The molecule has 0 amide bonds. The predicted molar refractivity (Wildman–Crippen MR) is 100 cm³/mol. The second-order valence-electron chi connectivity index (χ2n) is 6.30. The van der Waals surface area contributed by atoms with Gasteiger partial charge in [0.2, 0.25) is 0 Å². The summed E-state index contributed by atoms with van der Waals surface area (Å²) in [6.45, 7) is 1.91. The van der Waals surface area contributed by atoms with Crippen molar-refractivity contribution in [2.24, 2.45) is 0 Å². The number of ether oxygens (including phenoxy) is 2. The van der Waals surface area contributed by atoms with Gasteiger partial charge in [-0.3, -0.25) is 4.18 Å². The fourth-order valence-electron chi connectivity index (χ4n) is 2.81. The Hall–Kier alpha value is -2.84. The van der Waals surface area contributed by atoms with Crippen LogP contribution in [-0.2, 0) is 14.3 Å². The molecule has 1 aromatic heterocycles. The van der Waals surface area contributed by atoms with Crippen molar-refractivity contribution in [3.8, 4) is 11.5 Å². The number of nitrogens with two attached hydrogens (primary N) is 1. The highest BCUT2D eigenvalue weighted by Crippen LogP contribution is 2.38. The van der Waals surface area contributed by atoms with Crippen LogP contribution >= 0.6 is 0 Å². The molecule has 8 heteroatoms. The van der Waals surface area contributed by atoms with Gasteiger partial charge in [-0.1, -0.05) is 17.7 Å². The third-order valence-corrected chi connectivity index (χ3v) is 5.53. The van der Waals surface area contributed by atoms with E-state index in [1.165, 1.54) is 12.1 Å². The normalized spacial score (nSPS) is 16.4. The van der Waals surface area contributed by atoms with Gasteiger partial charge in [-0.25, -0.2) is 4.98 Å². The van der Waals surface area contributed by atoms with Crippen LogP contribution in [0, 0.1) is 6.92 Å². The van der Waals surface area contributed by atoms with Crippen molar-refractivity contribution < 1.29 is 22.1 Å². The Morgan fingerprint density at radius 2 is 1.93 bits per heavy atom. The number of pyridine rings is 1. The van der Waals surface area contributed by atoms with Crippen molar-refractivity contribution in [1.29, 1.82) is 0 Å². The lowest BCUT2D eigenvalue weighted by Crippen LogP contribution is -2.34. The number of fused-ring (bicyclic) bond motifs is 3. The number of hydrogen-bond donors (Lipinski definition) is 1. The molecule has 1 aliphatic rings. The van der Waals surface area contributed by atoms with Gasteiger partial charge in [-0.2, -0.15) is 8.42 Å². The van der Waals surface area contributed by atoms with Crippen LogP contribution < -0.4 is 15.2 Å². The van der Waals surface area contributed by atoms with E-state index in [9.17, 15) is 8.42 Å². The van der Waals surface area contributed by atoms with Gasteiger partial charge < -0.3 is 15.2 Å². The first-order valence-corrected chi connectivity index (χ1v) is 9.78. The van der Waals surface area contributed by atoms with Crippen LogP contribution in [0.15, 0.2) is 53.4 Å². The zero-order chi connectivity index (χ0) is 19.0. The van der Waals surface area contributed by atoms with Gasteiger partial charge >= 0.3 is 0 Å². The Labute approximate surface area is 156 Å². The van der Waals surface area contributed by atoms with Crippen LogP contribution in [0.4, 0.5) is 5.82 Å². The number of rotatable bonds is 4. The fourth-order valence-corrected chi connectivity index (χ4v) is 3.75. The minimum atomic E-state index is -3.87. The van der Waals surface area contributed by atoms with Crippen molar-refractivity contribution in [1.82, 2.24) is 4.98 Å². The topological polar surface area (TPSA) is 101 Å². The third kappa shape index (κ3) is 3.54. The van der Waals surface area contributed by atoms with Crippen LogP contribution in [0.5, 0.6) is 11.5 Å². The van der Waals surface area contributed by atoms with E-state index in [-0.39, 0.29) is 18.1 Å². The van der Waals surface area contributed by atoms with Crippen molar-refractivity contribution in [3.05, 3.63) is 54.1 Å². The Morgan fingerprint density at radius 3 is 2.70 bits per heavy atom. The lowest BCUT2D eigenvalue weighted by atomic mass is 10.1. The summed E-state index contributed by atoms with van der Waals surface area (Å²) in [6, 6.07) is 13.5. The first-order valence-electron chi connectivity index (χ1n) is 8.37. The summed E-state index contributed by atoms with van der Waals surface area (Å²) >= 11 is 0. The molecule has 27 heavy (non-hydrogen) atoms. The molecule has 0 unspecified atom stereocenters. The van der Waals surface area contributed by atoms with E-state index in [1.807, 2.05) is 6.92 Å². The average molecular weight is 386 g/mol. The number of anilines is 1. The molecule has 0 aliphatic carbocycles. The van der Waals surface area contributed by atoms with Crippen LogP contribution in [-0.4, -0.2) is 32.7 Å². The molecule has 140 valence electrons.